The molecular formula is C17H14F3N5O4S2. The van der Waals surface area contributed by atoms with Gasteiger partial charge in [-0.05, 0) is 24.3 Å². The highest BCUT2D eigenvalue weighted by molar-refractivity contribution is 7.89. The van der Waals surface area contributed by atoms with Crippen molar-refractivity contribution in [3.63, 3.8) is 0 Å². The topological polar surface area (TPSA) is 110 Å². The lowest BCUT2D eigenvalue weighted by molar-refractivity contribution is -0.384. The summed E-state index contributed by atoms with van der Waals surface area (Å²) in [5.74, 6) is 0. The zero-order chi connectivity index (χ0) is 22.4. The third kappa shape index (κ3) is 3.93. The number of sulfonamides is 1. The molecule has 2 heterocycles. The van der Waals surface area contributed by atoms with Crippen LogP contribution >= 0.6 is 11.7 Å². The number of hydrogen-bond donors (Lipinski definition) is 0. The van der Waals surface area contributed by atoms with Gasteiger partial charge >= 0.3 is 6.18 Å². The van der Waals surface area contributed by atoms with Gasteiger partial charge in [0.05, 0.1) is 22.2 Å². The van der Waals surface area contributed by atoms with Crippen LogP contribution in [0.1, 0.15) is 5.56 Å². The number of piperazine rings is 1. The van der Waals surface area contributed by atoms with E-state index in [-0.39, 0.29) is 42.3 Å². The predicted octanol–water partition coefficient (Wildman–Crippen LogP) is 3.13. The van der Waals surface area contributed by atoms with E-state index in [9.17, 15) is 31.7 Å². The number of alkyl halides is 3. The second-order valence-electron chi connectivity index (χ2n) is 6.74. The Hall–Kier alpha value is -2.84. The molecule has 4 rings (SSSR count). The minimum Gasteiger partial charge on any atom is -0.363 e. The minimum absolute atomic E-state index is 0.00840. The van der Waals surface area contributed by atoms with Gasteiger partial charge in [0.25, 0.3) is 5.69 Å². The van der Waals surface area contributed by atoms with Crippen molar-refractivity contribution >= 4 is 44.2 Å². The van der Waals surface area contributed by atoms with Crippen LogP contribution in [0.15, 0.2) is 41.3 Å². The summed E-state index contributed by atoms with van der Waals surface area (Å²) in [6, 6.07) is 6.98. The zero-order valence-electron chi connectivity index (χ0n) is 15.6. The molecule has 3 aromatic rings. The van der Waals surface area contributed by atoms with Crippen molar-refractivity contribution in [3.8, 4) is 0 Å². The van der Waals surface area contributed by atoms with E-state index in [2.05, 4.69) is 8.75 Å². The van der Waals surface area contributed by atoms with Crippen molar-refractivity contribution in [1.82, 2.24) is 13.1 Å². The Bertz CT molecular complexity index is 1250. The Kier molecular flexibility index (Phi) is 5.31. The van der Waals surface area contributed by atoms with Crippen LogP contribution < -0.4 is 4.90 Å². The molecule has 2 aromatic carbocycles. The number of halogens is 3. The number of nitrogens with zero attached hydrogens (tertiary/aromatic N) is 5. The molecule has 0 unspecified atom stereocenters. The number of benzene rings is 2. The standard InChI is InChI=1S/C17H14F3N5O4S2/c18-17(19,20)11-4-5-13(14(10-11)25(26)27)23-6-8-24(9-7-23)31(28,29)15-3-1-2-12-16(15)22-30-21-12/h1-5,10H,6-9H2. The maximum absolute atomic E-state index is 13.1. The van der Waals surface area contributed by atoms with Crippen LogP contribution in [0, 0.1) is 10.1 Å². The van der Waals surface area contributed by atoms with Gasteiger partial charge in [0.15, 0.2) is 0 Å². The lowest BCUT2D eigenvalue weighted by atomic mass is 10.1. The van der Waals surface area contributed by atoms with Crippen molar-refractivity contribution in [2.24, 2.45) is 0 Å². The van der Waals surface area contributed by atoms with Crippen molar-refractivity contribution in [2.45, 2.75) is 11.1 Å². The number of aromatic nitrogens is 2. The van der Waals surface area contributed by atoms with Crippen molar-refractivity contribution in [2.75, 3.05) is 31.1 Å². The summed E-state index contributed by atoms with van der Waals surface area (Å²) in [6.45, 7) is 0.177. The van der Waals surface area contributed by atoms with Crippen molar-refractivity contribution in [1.29, 1.82) is 0 Å². The molecule has 1 aromatic heterocycles. The first-order valence-electron chi connectivity index (χ1n) is 8.91. The fourth-order valence-electron chi connectivity index (χ4n) is 3.41. The van der Waals surface area contributed by atoms with E-state index in [1.807, 2.05) is 0 Å². The molecule has 0 amide bonds. The Morgan fingerprint density at radius 1 is 1.06 bits per heavy atom. The molecule has 0 saturated carbocycles. The van der Waals surface area contributed by atoms with Crippen LogP contribution in [0.2, 0.25) is 0 Å². The third-order valence-electron chi connectivity index (χ3n) is 4.95. The molecule has 164 valence electrons. The van der Waals surface area contributed by atoms with Gasteiger partial charge in [-0.15, -0.1) is 0 Å². The Labute approximate surface area is 178 Å². The smallest absolute Gasteiger partial charge is 0.363 e. The van der Waals surface area contributed by atoms with E-state index >= 15 is 0 Å². The normalized spacial score (nSPS) is 16.0. The molecule has 0 radical (unpaired) electrons. The van der Waals surface area contributed by atoms with Crippen molar-refractivity contribution in [3.05, 3.63) is 52.1 Å². The third-order valence-corrected chi connectivity index (χ3v) is 7.42. The molecule has 31 heavy (non-hydrogen) atoms. The fraction of sp³-hybridized carbons (Fsp3) is 0.294. The van der Waals surface area contributed by atoms with E-state index < -0.39 is 32.4 Å². The molecule has 0 aliphatic carbocycles. The Morgan fingerprint density at radius 3 is 2.42 bits per heavy atom. The number of hydrogen-bond acceptors (Lipinski definition) is 8. The minimum atomic E-state index is -4.71. The van der Waals surface area contributed by atoms with Gasteiger partial charge in [-0.3, -0.25) is 10.1 Å². The van der Waals surface area contributed by atoms with E-state index in [1.165, 1.54) is 15.3 Å². The number of rotatable bonds is 4. The van der Waals surface area contributed by atoms with Crippen LogP contribution in [0.4, 0.5) is 24.5 Å². The summed E-state index contributed by atoms with van der Waals surface area (Å²) < 4.78 is 74.2. The maximum atomic E-state index is 13.1. The summed E-state index contributed by atoms with van der Waals surface area (Å²) in [5, 5.41) is 11.3. The predicted molar refractivity (Wildman–Crippen MR) is 106 cm³/mol. The van der Waals surface area contributed by atoms with Gasteiger partial charge in [-0.25, -0.2) is 8.42 Å². The van der Waals surface area contributed by atoms with Gasteiger partial charge in [0.1, 0.15) is 21.6 Å². The monoisotopic (exact) mass is 473 g/mol. The summed E-state index contributed by atoms with van der Waals surface area (Å²) in [6.07, 6.45) is -4.71. The van der Waals surface area contributed by atoms with Crippen LogP contribution in [0.5, 0.6) is 0 Å². The number of fused-ring (bicyclic) bond motifs is 1. The Balaban J connectivity index is 1.58. The fourth-order valence-corrected chi connectivity index (χ4v) is 5.59. The molecule has 14 heteroatoms. The molecule has 9 nitrogen and oxygen atoms in total. The lowest BCUT2D eigenvalue weighted by Crippen LogP contribution is -2.48. The maximum Gasteiger partial charge on any atom is 0.416 e. The SMILES string of the molecule is O=[N+]([O-])c1cc(C(F)(F)F)ccc1N1CCN(S(=O)(=O)c2cccc3nsnc23)CC1. The second kappa shape index (κ2) is 7.69. The molecule has 1 aliphatic rings. The number of nitro groups is 1. The van der Waals surface area contributed by atoms with Gasteiger partial charge in [-0.1, -0.05) is 6.07 Å². The van der Waals surface area contributed by atoms with Crippen LogP contribution in [0.25, 0.3) is 11.0 Å². The molecule has 1 saturated heterocycles. The summed E-state index contributed by atoms with van der Waals surface area (Å²) in [7, 11) is -3.89. The lowest BCUT2D eigenvalue weighted by Gasteiger charge is -2.35. The summed E-state index contributed by atoms with van der Waals surface area (Å²) in [4.78, 5) is 12.0. The summed E-state index contributed by atoms with van der Waals surface area (Å²) in [5.41, 5.74) is -1.04. The molecule has 0 spiro atoms. The zero-order valence-corrected chi connectivity index (χ0v) is 17.2. The van der Waals surface area contributed by atoms with Gasteiger partial charge in [0, 0.05) is 32.2 Å². The number of anilines is 1. The van der Waals surface area contributed by atoms with Gasteiger partial charge in [0.2, 0.25) is 10.0 Å². The first-order chi connectivity index (χ1) is 14.6. The largest absolute Gasteiger partial charge is 0.416 e. The Morgan fingerprint density at radius 2 is 1.77 bits per heavy atom. The molecule has 0 N–H and O–H groups in total. The first kappa shape index (κ1) is 21.4. The summed E-state index contributed by atoms with van der Waals surface area (Å²) >= 11 is 0.899. The highest BCUT2D eigenvalue weighted by Gasteiger charge is 2.35. The van der Waals surface area contributed by atoms with E-state index in [0.29, 0.717) is 11.6 Å². The van der Waals surface area contributed by atoms with E-state index in [0.717, 1.165) is 23.9 Å². The molecular weight excluding hydrogens is 459 g/mol. The highest BCUT2D eigenvalue weighted by atomic mass is 32.2. The highest BCUT2D eigenvalue weighted by Crippen LogP contribution is 2.37. The quantitative estimate of drug-likeness (QED) is 0.423. The van der Waals surface area contributed by atoms with Crippen LogP contribution in [-0.2, 0) is 16.2 Å². The van der Waals surface area contributed by atoms with Gasteiger partial charge in [-0.2, -0.15) is 26.2 Å². The average Bonchev–Trinajstić information content (AvgIpc) is 3.21. The van der Waals surface area contributed by atoms with Crippen LogP contribution in [-0.4, -0.2) is 52.6 Å². The van der Waals surface area contributed by atoms with Gasteiger partial charge < -0.3 is 4.90 Å². The van der Waals surface area contributed by atoms with Crippen molar-refractivity contribution < 1.29 is 26.5 Å². The molecule has 0 bridgehead atoms. The van der Waals surface area contributed by atoms with Crippen LogP contribution in [0.3, 0.4) is 0 Å². The molecule has 0 atom stereocenters. The van der Waals surface area contributed by atoms with E-state index in [4.69, 9.17) is 0 Å². The average molecular weight is 473 g/mol. The second-order valence-corrected chi connectivity index (χ2v) is 9.17. The number of nitro benzene ring substituents is 1. The molecule has 1 fully saturated rings. The molecule has 1 aliphatic heterocycles. The first-order valence-corrected chi connectivity index (χ1v) is 11.1. The van der Waals surface area contributed by atoms with E-state index in [1.54, 1.807) is 12.1 Å².